The fraction of sp³-hybridized carbons (Fsp3) is 0.417. The third kappa shape index (κ3) is 4.11. The average Bonchev–Trinajstić information content (AvgIpc) is 2.20. The molecule has 0 aliphatic heterocycles. The average molecular weight is 241 g/mol. The predicted molar refractivity (Wildman–Crippen MR) is 67.8 cm³/mol. The molecule has 0 spiro atoms. The Morgan fingerprint density at radius 3 is 2.25 bits per heavy atom. The molecule has 0 aliphatic rings. The van der Waals surface area contributed by atoms with E-state index < -0.39 is 0 Å². The Balaban J connectivity index is 2.53. The van der Waals surface area contributed by atoms with E-state index in [1.165, 1.54) is 0 Å². The van der Waals surface area contributed by atoms with E-state index in [4.69, 9.17) is 11.6 Å². The maximum Gasteiger partial charge on any atom is 0.242 e. The molecule has 0 aromatic heterocycles. The van der Waals surface area contributed by atoms with Crippen molar-refractivity contribution in [1.82, 2.24) is 5.32 Å². The molecule has 0 aliphatic carbocycles. The van der Waals surface area contributed by atoms with Crippen molar-refractivity contribution in [3.05, 3.63) is 29.3 Å². The number of anilines is 1. The van der Waals surface area contributed by atoms with Gasteiger partial charge in [0.25, 0.3) is 0 Å². The first kappa shape index (κ1) is 12.8. The van der Waals surface area contributed by atoms with Crippen LogP contribution in [0.1, 0.15) is 20.8 Å². The van der Waals surface area contributed by atoms with Gasteiger partial charge < -0.3 is 10.6 Å². The van der Waals surface area contributed by atoms with Crippen molar-refractivity contribution in [2.75, 3.05) is 5.32 Å². The normalized spacial score (nSPS) is 12.3. The van der Waals surface area contributed by atoms with Crippen molar-refractivity contribution in [3.8, 4) is 0 Å². The molecule has 3 nitrogen and oxygen atoms in total. The summed E-state index contributed by atoms with van der Waals surface area (Å²) < 4.78 is 0. The molecule has 16 heavy (non-hydrogen) atoms. The Bertz CT molecular complexity index is 349. The monoisotopic (exact) mass is 240 g/mol. The van der Waals surface area contributed by atoms with E-state index in [0.717, 1.165) is 5.69 Å². The van der Waals surface area contributed by atoms with Gasteiger partial charge in [0.1, 0.15) is 6.04 Å². The third-order valence-corrected chi connectivity index (χ3v) is 2.30. The maximum atomic E-state index is 11.6. The Kier molecular flexibility index (Phi) is 4.62. The van der Waals surface area contributed by atoms with Crippen LogP contribution in [-0.2, 0) is 4.79 Å². The Labute approximate surface area is 101 Å². The van der Waals surface area contributed by atoms with E-state index in [9.17, 15) is 4.79 Å². The Hall–Kier alpha value is -1.22. The van der Waals surface area contributed by atoms with Crippen LogP contribution in [0.5, 0.6) is 0 Å². The molecule has 4 heteroatoms. The summed E-state index contributed by atoms with van der Waals surface area (Å²) in [5.74, 6) is -0.00931. The number of hydrogen-bond acceptors (Lipinski definition) is 2. The van der Waals surface area contributed by atoms with Gasteiger partial charge in [0.2, 0.25) is 5.91 Å². The van der Waals surface area contributed by atoms with Gasteiger partial charge in [0.05, 0.1) is 0 Å². The van der Waals surface area contributed by atoms with Gasteiger partial charge in [-0.3, -0.25) is 4.79 Å². The summed E-state index contributed by atoms with van der Waals surface area (Å²) in [5, 5.41) is 6.64. The van der Waals surface area contributed by atoms with Crippen molar-refractivity contribution < 1.29 is 4.79 Å². The molecule has 0 fully saturated rings. The third-order valence-electron chi connectivity index (χ3n) is 2.05. The fourth-order valence-electron chi connectivity index (χ4n) is 1.27. The van der Waals surface area contributed by atoms with E-state index >= 15 is 0 Å². The Morgan fingerprint density at radius 1 is 1.19 bits per heavy atom. The van der Waals surface area contributed by atoms with Gasteiger partial charge in [0.15, 0.2) is 0 Å². The highest BCUT2D eigenvalue weighted by atomic mass is 35.5. The van der Waals surface area contributed by atoms with Crippen LogP contribution >= 0.6 is 11.6 Å². The van der Waals surface area contributed by atoms with E-state index in [1.807, 2.05) is 32.9 Å². The second-order valence-corrected chi connectivity index (χ2v) is 4.47. The maximum absolute atomic E-state index is 11.6. The van der Waals surface area contributed by atoms with Crippen molar-refractivity contribution >= 4 is 23.2 Å². The zero-order valence-electron chi connectivity index (χ0n) is 9.75. The quantitative estimate of drug-likeness (QED) is 0.850. The molecule has 1 aromatic rings. The van der Waals surface area contributed by atoms with Crippen molar-refractivity contribution in [2.45, 2.75) is 32.9 Å². The number of carbonyl (C=O) groups is 1. The zero-order chi connectivity index (χ0) is 12.1. The van der Waals surface area contributed by atoms with Crippen molar-refractivity contribution in [1.29, 1.82) is 0 Å². The van der Waals surface area contributed by atoms with Crippen LogP contribution in [-0.4, -0.2) is 18.0 Å². The van der Waals surface area contributed by atoms with Crippen molar-refractivity contribution in [2.24, 2.45) is 0 Å². The number of amides is 1. The summed E-state index contributed by atoms with van der Waals surface area (Å²) in [6.07, 6.45) is 0. The van der Waals surface area contributed by atoms with Gasteiger partial charge in [-0.25, -0.2) is 0 Å². The number of rotatable bonds is 4. The van der Waals surface area contributed by atoms with Gasteiger partial charge >= 0.3 is 0 Å². The summed E-state index contributed by atoms with van der Waals surface area (Å²) in [6, 6.07) is 7.17. The van der Waals surface area contributed by atoms with Crippen LogP contribution in [0, 0.1) is 0 Å². The van der Waals surface area contributed by atoms with E-state index in [1.54, 1.807) is 12.1 Å². The lowest BCUT2D eigenvalue weighted by atomic mass is 10.2. The lowest BCUT2D eigenvalue weighted by Crippen LogP contribution is -2.40. The minimum atomic E-state index is -0.261. The molecule has 1 amide bonds. The highest BCUT2D eigenvalue weighted by Crippen LogP contribution is 2.14. The number of benzene rings is 1. The number of carbonyl (C=O) groups excluding carboxylic acids is 1. The standard InChI is InChI=1S/C12H17ClN2O/c1-8(2)14-12(16)9(3)15-11-6-4-10(13)5-7-11/h4-9,15H,1-3H3,(H,14,16). The molecule has 0 saturated heterocycles. The van der Waals surface area contributed by atoms with Gasteiger partial charge in [-0.1, -0.05) is 11.6 Å². The topological polar surface area (TPSA) is 41.1 Å². The van der Waals surface area contributed by atoms with Crippen LogP contribution in [0.3, 0.4) is 0 Å². The molecule has 1 aromatic carbocycles. The van der Waals surface area contributed by atoms with E-state index in [0.29, 0.717) is 5.02 Å². The minimum absolute atomic E-state index is 0.00931. The highest BCUT2D eigenvalue weighted by molar-refractivity contribution is 6.30. The van der Waals surface area contributed by atoms with Crippen LogP contribution < -0.4 is 10.6 Å². The lowest BCUT2D eigenvalue weighted by molar-refractivity contribution is -0.122. The van der Waals surface area contributed by atoms with Gasteiger partial charge in [0, 0.05) is 16.8 Å². The highest BCUT2D eigenvalue weighted by Gasteiger charge is 2.12. The van der Waals surface area contributed by atoms with E-state index in [2.05, 4.69) is 10.6 Å². The van der Waals surface area contributed by atoms with Crippen LogP contribution in [0.2, 0.25) is 5.02 Å². The molecular weight excluding hydrogens is 224 g/mol. The molecule has 1 atom stereocenters. The SMILES string of the molecule is CC(C)NC(=O)C(C)Nc1ccc(Cl)cc1. The summed E-state index contributed by atoms with van der Waals surface area (Å²) in [5.41, 5.74) is 0.885. The second-order valence-electron chi connectivity index (χ2n) is 4.04. The molecular formula is C12H17ClN2O. The van der Waals surface area contributed by atoms with Gasteiger partial charge in [-0.2, -0.15) is 0 Å². The largest absolute Gasteiger partial charge is 0.374 e. The molecule has 0 heterocycles. The van der Waals surface area contributed by atoms with Crippen LogP contribution in [0.25, 0.3) is 0 Å². The summed E-state index contributed by atoms with van der Waals surface area (Å²) >= 11 is 5.77. The molecule has 0 bridgehead atoms. The fourth-order valence-corrected chi connectivity index (χ4v) is 1.40. The van der Waals surface area contributed by atoms with Crippen LogP contribution in [0.15, 0.2) is 24.3 Å². The second kappa shape index (κ2) is 5.75. The minimum Gasteiger partial charge on any atom is -0.374 e. The predicted octanol–water partition coefficient (Wildman–Crippen LogP) is 2.67. The molecule has 0 radical (unpaired) electrons. The summed E-state index contributed by atoms with van der Waals surface area (Å²) in [6.45, 7) is 5.70. The molecule has 88 valence electrons. The first-order valence-corrected chi connectivity index (χ1v) is 5.69. The molecule has 1 rings (SSSR count). The number of nitrogens with one attached hydrogen (secondary N) is 2. The number of halogens is 1. The Morgan fingerprint density at radius 2 is 1.75 bits per heavy atom. The summed E-state index contributed by atoms with van der Waals surface area (Å²) in [7, 11) is 0. The van der Waals surface area contributed by atoms with E-state index in [-0.39, 0.29) is 18.0 Å². The zero-order valence-corrected chi connectivity index (χ0v) is 10.5. The van der Waals surface area contributed by atoms with Gasteiger partial charge in [-0.15, -0.1) is 0 Å². The lowest BCUT2D eigenvalue weighted by Gasteiger charge is -2.16. The molecule has 2 N–H and O–H groups in total. The van der Waals surface area contributed by atoms with Gasteiger partial charge in [-0.05, 0) is 45.0 Å². The first-order valence-electron chi connectivity index (χ1n) is 5.31. The van der Waals surface area contributed by atoms with Crippen molar-refractivity contribution in [3.63, 3.8) is 0 Å². The molecule has 0 saturated carbocycles. The van der Waals surface area contributed by atoms with Crippen LogP contribution in [0.4, 0.5) is 5.69 Å². The molecule has 1 unspecified atom stereocenters. The summed E-state index contributed by atoms with van der Waals surface area (Å²) in [4.78, 5) is 11.6. The first-order chi connectivity index (χ1) is 7.49. The smallest absolute Gasteiger partial charge is 0.242 e. The number of hydrogen-bond donors (Lipinski definition) is 2.